The predicted molar refractivity (Wildman–Crippen MR) is 126 cm³/mol. The molecule has 2 aromatic carbocycles. The molecule has 0 aliphatic carbocycles. The minimum absolute atomic E-state index is 0.0132. The van der Waals surface area contributed by atoms with Gasteiger partial charge in [-0.15, -0.1) is 0 Å². The van der Waals surface area contributed by atoms with Gasteiger partial charge < -0.3 is 10.2 Å². The normalized spacial score (nSPS) is 14.6. The Bertz CT molecular complexity index is 1110. The van der Waals surface area contributed by atoms with Crippen molar-refractivity contribution in [1.82, 2.24) is 14.7 Å². The SMILES string of the molecule is Cc1ccc(-n2nc(C)cc2NC(=O)C2CCN(C(=O)/C=C/c3ccccc3)CC2)cc1. The van der Waals surface area contributed by atoms with Crippen molar-refractivity contribution in [2.24, 2.45) is 5.92 Å². The van der Waals surface area contributed by atoms with E-state index in [1.54, 1.807) is 10.8 Å². The average molecular weight is 429 g/mol. The molecule has 0 bridgehead atoms. The molecule has 1 aliphatic heterocycles. The highest BCUT2D eigenvalue weighted by Crippen LogP contribution is 2.22. The molecule has 0 saturated carbocycles. The lowest BCUT2D eigenvalue weighted by Gasteiger charge is -2.30. The number of aromatic nitrogens is 2. The monoisotopic (exact) mass is 428 g/mol. The summed E-state index contributed by atoms with van der Waals surface area (Å²) >= 11 is 0. The van der Waals surface area contributed by atoms with E-state index in [-0.39, 0.29) is 17.7 Å². The zero-order valence-corrected chi connectivity index (χ0v) is 18.5. The number of aryl methyl sites for hydroxylation is 2. The number of carbonyl (C=O) groups is 2. The maximum absolute atomic E-state index is 12.9. The summed E-state index contributed by atoms with van der Waals surface area (Å²) in [4.78, 5) is 27.2. The standard InChI is InChI=1S/C26H28N4O2/c1-19-8-11-23(12-9-19)30-24(18-20(2)28-30)27-26(32)22-14-16-29(17-15-22)25(31)13-10-21-6-4-3-5-7-21/h3-13,18,22H,14-17H2,1-2H3,(H,27,32)/b13-10+. The van der Waals surface area contributed by atoms with Crippen LogP contribution in [-0.2, 0) is 9.59 Å². The molecule has 1 fully saturated rings. The van der Waals surface area contributed by atoms with Crippen LogP contribution < -0.4 is 5.32 Å². The van der Waals surface area contributed by atoms with Crippen molar-refractivity contribution in [2.75, 3.05) is 18.4 Å². The minimum Gasteiger partial charge on any atom is -0.339 e. The fraction of sp³-hybridized carbons (Fsp3) is 0.269. The van der Waals surface area contributed by atoms with E-state index in [0.717, 1.165) is 16.9 Å². The van der Waals surface area contributed by atoms with Gasteiger partial charge in [-0.25, -0.2) is 4.68 Å². The molecule has 0 unspecified atom stereocenters. The molecule has 6 heteroatoms. The van der Waals surface area contributed by atoms with Crippen LogP contribution in [0.3, 0.4) is 0 Å². The number of hydrogen-bond donors (Lipinski definition) is 1. The Morgan fingerprint density at radius 3 is 2.38 bits per heavy atom. The van der Waals surface area contributed by atoms with E-state index >= 15 is 0 Å². The molecule has 0 spiro atoms. The van der Waals surface area contributed by atoms with E-state index in [0.29, 0.717) is 31.7 Å². The maximum Gasteiger partial charge on any atom is 0.246 e. The molecule has 2 heterocycles. The van der Waals surface area contributed by atoms with Gasteiger partial charge in [0.05, 0.1) is 11.4 Å². The maximum atomic E-state index is 12.9. The summed E-state index contributed by atoms with van der Waals surface area (Å²) in [6.45, 7) is 5.10. The van der Waals surface area contributed by atoms with Crippen molar-refractivity contribution >= 4 is 23.7 Å². The largest absolute Gasteiger partial charge is 0.339 e. The first-order chi connectivity index (χ1) is 15.5. The van der Waals surface area contributed by atoms with Gasteiger partial charge in [0.15, 0.2) is 0 Å². The zero-order chi connectivity index (χ0) is 22.5. The van der Waals surface area contributed by atoms with E-state index in [1.807, 2.05) is 85.5 Å². The Morgan fingerprint density at radius 2 is 1.69 bits per heavy atom. The van der Waals surface area contributed by atoms with Crippen LogP contribution in [0.15, 0.2) is 66.7 Å². The molecule has 164 valence electrons. The first-order valence-electron chi connectivity index (χ1n) is 11.0. The molecule has 3 aromatic rings. The van der Waals surface area contributed by atoms with Gasteiger partial charge in [0.25, 0.3) is 0 Å². The molecule has 1 aromatic heterocycles. The summed E-state index contributed by atoms with van der Waals surface area (Å²) in [5.74, 6) is 0.505. The van der Waals surface area contributed by atoms with Crippen LogP contribution >= 0.6 is 0 Å². The third kappa shape index (κ3) is 5.14. The highest BCUT2D eigenvalue weighted by molar-refractivity contribution is 5.93. The van der Waals surface area contributed by atoms with Crippen molar-refractivity contribution in [3.63, 3.8) is 0 Å². The van der Waals surface area contributed by atoms with Gasteiger partial charge in [0.2, 0.25) is 11.8 Å². The molecule has 4 rings (SSSR count). The minimum atomic E-state index is -0.126. The number of rotatable bonds is 5. The smallest absolute Gasteiger partial charge is 0.246 e. The second-order valence-corrected chi connectivity index (χ2v) is 8.25. The van der Waals surface area contributed by atoms with Crippen LogP contribution in [0.5, 0.6) is 0 Å². The molecule has 1 N–H and O–H groups in total. The van der Waals surface area contributed by atoms with Gasteiger partial charge in [-0.2, -0.15) is 5.10 Å². The molecular formula is C26H28N4O2. The Hall–Kier alpha value is -3.67. The van der Waals surface area contributed by atoms with Gasteiger partial charge >= 0.3 is 0 Å². The topological polar surface area (TPSA) is 67.2 Å². The number of carbonyl (C=O) groups excluding carboxylic acids is 2. The van der Waals surface area contributed by atoms with Crippen LogP contribution in [0.4, 0.5) is 5.82 Å². The molecule has 0 atom stereocenters. The zero-order valence-electron chi connectivity index (χ0n) is 18.5. The lowest BCUT2D eigenvalue weighted by Crippen LogP contribution is -2.40. The number of benzene rings is 2. The molecule has 0 radical (unpaired) electrons. The molecule has 32 heavy (non-hydrogen) atoms. The summed E-state index contributed by atoms with van der Waals surface area (Å²) in [5, 5.41) is 7.58. The first-order valence-corrected chi connectivity index (χ1v) is 11.0. The van der Waals surface area contributed by atoms with E-state index in [2.05, 4.69) is 10.4 Å². The van der Waals surface area contributed by atoms with Crippen LogP contribution in [0.1, 0.15) is 29.7 Å². The van der Waals surface area contributed by atoms with E-state index in [9.17, 15) is 9.59 Å². The van der Waals surface area contributed by atoms with E-state index < -0.39 is 0 Å². The molecule has 1 aliphatic rings. The third-order valence-corrected chi connectivity index (χ3v) is 5.76. The molecule has 6 nitrogen and oxygen atoms in total. The Balaban J connectivity index is 1.35. The lowest BCUT2D eigenvalue weighted by molar-refractivity contribution is -0.130. The summed E-state index contributed by atoms with van der Waals surface area (Å²) in [7, 11) is 0. The summed E-state index contributed by atoms with van der Waals surface area (Å²) < 4.78 is 1.76. The highest BCUT2D eigenvalue weighted by Gasteiger charge is 2.27. The van der Waals surface area contributed by atoms with Crippen molar-refractivity contribution in [1.29, 1.82) is 0 Å². The Morgan fingerprint density at radius 1 is 1.00 bits per heavy atom. The number of piperidine rings is 1. The van der Waals surface area contributed by atoms with Crippen molar-refractivity contribution in [3.05, 3.63) is 83.6 Å². The van der Waals surface area contributed by atoms with Crippen molar-refractivity contribution < 1.29 is 9.59 Å². The number of anilines is 1. The predicted octanol–water partition coefficient (Wildman–Crippen LogP) is 4.38. The van der Waals surface area contributed by atoms with Crippen LogP contribution in [-0.4, -0.2) is 39.6 Å². The van der Waals surface area contributed by atoms with Crippen molar-refractivity contribution in [2.45, 2.75) is 26.7 Å². The summed E-state index contributed by atoms with van der Waals surface area (Å²) in [5.41, 5.74) is 3.91. The quantitative estimate of drug-likeness (QED) is 0.613. The third-order valence-electron chi connectivity index (χ3n) is 5.76. The molecular weight excluding hydrogens is 400 g/mol. The van der Waals surface area contributed by atoms with Gasteiger partial charge in [-0.3, -0.25) is 9.59 Å². The fourth-order valence-electron chi connectivity index (χ4n) is 3.90. The van der Waals surface area contributed by atoms with Gasteiger partial charge in [-0.1, -0.05) is 48.0 Å². The van der Waals surface area contributed by atoms with Crippen molar-refractivity contribution in [3.8, 4) is 5.69 Å². The van der Waals surface area contributed by atoms with Gasteiger partial charge in [-0.05, 0) is 50.5 Å². The van der Waals surface area contributed by atoms with Gasteiger partial charge in [0, 0.05) is 31.1 Å². The van der Waals surface area contributed by atoms with Crippen LogP contribution in [0.25, 0.3) is 11.8 Å². The fourth-order valence-corrected chi connectivity index (χ4v) is 3.90. The van der Waals surface area contributed by atoms with Crippen LogP contribution in [0, 0.1) is 19.8 Å². The number of nitrogens with one attached hydrogen (secondary N) is 1. The summed E-state index contributed by atoms with van der Waals surface area (Å²) in [6, 6.07) is 19.7. The van der Waals surface area contributed by atoms with Gasteiger partial charge in [0.1, 0.15) is 5.82 Å². The van der Waals surface area contributed by atoms with E-state index in [1.165, 1.54) is 5.56 Å². The van der Waals surface area contributed by atoms with E-state index in [4.69, 9.17) is 0 Å². The molecule has 2 amide bonds. The van der Waals surface area contributed by atoms with Crippen LogP contribution in [0.2, 0.25) is 0 Å². The second-order valence-electron chi connectivity index (χ2n) is 8.25. The number of hydrogen-bond acceptors (Lipinski definition) is 3. The summed E-state index contributed by atoms with van der Waals surface area (Å²) in [6.07, 6.45) is 4.73. The lowest BCUT2D eigenvalue weighted by atomic mass is 9.96. The Kier molecular flexibility index (Phi) is 6.50. The average Bonchev–Trinajstić information content (AvgIpc) is 3.18. The number of amides is 2. The highest BCUT2D eigenvalue weighted by atomic mass is 16.2. The first kappa shape index (κ1) is 21.6. The number of likely N-dealkylation sites (tertiary alicyclic amines) is 1. The Labute approximate surface area is 188 Å². The number of nitrogens with zero attached hydrogens (tertiary/aromatic N) is 3. The molecule has 1 saturated heterocycles. The second kappa shape index (κ2) is 9.64.